The molecule has 3 atom stereocenters. The monoisotopic (exact) mass is 234 g/mol. The number of carbonyl (C=O) groups is 1. The Kier molecular flexibility index (Phi) is 2.45. The number of carbonyl (C=O) groups excluding carboxylic acids is 1. The van der Waals surface area contributed by atoms with Crippen LogP contribution < -0.4 is 5.32 Å². The summed E-state index contributed by atoms with van der Waals surface area (Å²) in [5, 5.41) is 3.00. The Labute approximate surface area is 101 Å². The van der Waals surface area contributed by atoms with E-state index >= 15 is 0 Å². The Morgan fingerprint density at radius 3 is 2.76 bits per heavy atom. The molecular formula is C13H18N2O2. The van der Waals surface area contributed by atoms with Gasteiger partial charge in [-0.25, -0.2) is 4.98 Å². The van der Waals surface area contributed by atoms with Gasteiger partial charge in [-0.2, -0.15) is 0 Å². The Morgan fingerprint density at radius 1 is 1.47 bits per heavy atom. The van der Waals surface area contributed by atoms with Crippen molar-refractivity contribution in [2.45, 2.75) is 39.2 Å². The molecule has 4 nitrogen and oxygen atoms in total. The lowest BCUT2D eigenvalue weighted by Gasteiger charge is -2.15. The van der Waals surface area contributed by atoms with Crippen LogP contribution in [-0.4, -0.2) is 10.9 Å². The van der Waals surface area contributed by atoms with Crippen molar-refractivity contribution in [3.05, 3.63) is 17.8 Å². The third-order valence-electron chi connectivity index (χ3n) is 3.98. The molecule has 3 rings (SSSR count). The second kappa shape index (κ2) is 3.86. The average molecular weight is 234 g/mol. The van der Waals surface area contributed by atoms with Crippen molar-refractivity contribution in [3.8, 4) is 0 Å². The predicted octanol–water partition coefficient (Wildman–Crippen LogP) is 2.21. The van der Waals surface area contributed by atoms with Gasteiger partial charge in [-0.05, 0) is 44.9 Å². The Bertz CT molecular complexity index is 430. The zero-order chi connectivity index (χ0) is 12.0. The average Bonchev–Trinajstić information content (AvgIpc) is 2.74. The van der Waals surface area contributed by atoms with E-state index in [9.17, 15) is 4.79 Å². The number of hydrogen-bond donors (Lipinski definition) is 1. The Morgan fingerprint density at radius 2 is 2.18 bits per heavy atom. The molecule has 2 aliphatic rings. The fraction of sp³-hybridized carbons (Fsp3) is 0.692. The molecule has 17 heavy (non-hydrogen) atoms. The molecule has 92 valence electrons. The molecule has 1 aromatic rings. The maximum Gasteiger partial charge on any atom is 0.223 e. The van der Waals surface area contributed by atoms with Gasteiger partial charge in [-0.15, -0.1) is 0 Å². The molecule has 0 aliphatic heterocycles. The van der Waals surface area contributed by atoms with Gasteiger partial charge in [-0.3, -0.25) is 4.79 Å². The molecule has 3 unspecified atom stereocenters. The van der Waals surface area contributed by atoms with Crippen LogP contribution in [-0.2, 0) is 4.79 Å². The highest BCUT2D eigenvalue weighted by Crippen LogP contribution is 2.54. The number of rotatable bonds is 3. The molecule has 1 aromatic heterocycles. The molecule has 1 N–H and O–H groups in total. The lowest BCUT2D eigenvalue weighted by molar-refractivity contribution is -0.125. The number of nitrogens with one attached hydrogen (secondary N) is 1. The zero-order valence-electron chi connectivity index (χ0n) is 10.3. The predicted molar refractivity (Wildman–Crippen MR) is 62.1 cm³/mol. The zero-order valence-corrected chi connectivity index (χ0v) is 10.3. The van der Waals surface area contributed by atoms with Gasteiger partial charge < -0.3 is 9.73 Å². The molecule has 2 aliphatic carbocycles. The Hall–Kier alpha value is -1.32. The van der Waals surface area contributed by atoms with Gasteiger partial charge in [0.2, 0.25) is 11.8 Å². The molecule has 4 heteroatoms. The minimum absolute atomic E-state index is 0.131. The molecule has 0 spiro atoms. The highest BCUT2D eigenvalue weighted by atomic mass is 16.4. The van der Waals surface area contributed by atoms with Gasteiger partial charge in [0.25, 0.3) is 0 Å². The first-order chi connectivity index (χ1) is 8.13. The van der Waals surface area contributed by atoms with E-state index < -0.39 is 0 Å². The third-order valence-corrected chi connectivity index (χ3v) is 3.98. The minimum atomic E-state index is -0.131. The van der Waals surface area contributed by atoms with E-state index in [4.69, 9.17) is 4.42 Å². The molecule has 0 aromatic carbocycles. The molecule has 1 heterocycles. The first kappa shape index (κ1) is 10.8. The standard InChI is InChI=1S/C13H18N2O2/c1-7-6-14-13(17-7)8(2)15-12(16)11-4-9-3-10(9)5-11/h6,8-11H,3-5H2,1-2H3,(H,15,16). The summed E-state index contributed by atoms with van der Waals surface area (Å²) in [4.78, 5) is 16.2. The Balaban J connectivity index is 1.57. The molecule has 0 bridgehead atoms. The lowest BCUT2D eigenvalue weighted by atomic mass is 10.0. The highest BCUT2D eigenvalue weighted by molar-refractivity contribution is 5.79. The summed E-state index contributed by atoms with van der Waals surface area (Å²) in [6.45, 7) is 3.77. The van der Waals surface area contributed by atoms with Crippen LogP contribution in [0.5, 0.6) is 0 Å². The summed E-state index contributed by atoms with van der Waals surface area (Å²) >= 11 is 0. The van der Waals surface area contributed by atoms with Gasteiger partial charge in [0.15, 0.2) is 0 Å². The van der Waals surface area contributed by atoms with Crippen LogP contribution in [0.4, 0.5) is 0 Å². The van der Waals surface area contributed by atoms with Crippen molar-refractivity contribution in [1.82, 2.24) is 10.3 Å². The van der Waals surface area contributed by atoms with Gasteiger partial charge in [-0.1, -0.05) is 0 Å². The second-order valence-corrected chi connectivity index (χ2v) is 5.46. The molecule has 2 saturated carbocycles. The van der Waals surface area contributed by atoms with Crippen molar-refractivity contribution in [3.63, 3.8) is 0 Å². The van der Waals surface area contributed by atoms with Gasteiger partial charge in [0, 0.05) is 5.92 Å². The second-order valence-electron chi connectivity index (χ2n) is 5.46. The first-order valence-electron chi connectivity index (χ1n) is 6.36. The van der Waals surface area contributed by atoms with Gasteiger partial charge in [0.1, 0.15) is 11.8 Å². The number of nitrogens with zero attached hydrogens (tertiary/aromatic N) is 1. The smallest absolute Gasteiger partial charge is 0.223 e. The number of amides is 1. The highest BCUT2D eigenvalue weighted by Gasteiger charge is 2.48. The van der Waals surface area contributed by atoms with E-state index in [-0.39, 0.29) is 17.9 Å². The number of aromatic nitrogens is 1. The molecule has 0 radical (unpaired) electrons. The number of aryl methyl sites for hydroxylation is 1. The molecule has 1 amide bonds. The summed E-state index contributed by atoms with van der Waals surface area (Å²) in [7, 11) is 0. The van der Waals surface area contributed by atoms with Crippen LogP contribution in [0, 0.1) is 24.7 Å². The van der Waals surface area contributed by atoms with E-state index in [1.807, 2.05) is 13.8 Å². The lowest BCUT2D eigenvalue weighted by Crippen LogP contribution is -2.32. The minimum Gasteiger partial charge on any atom is -0.444 e. The van der Waals surface area contributed by atoms with Gasteiger partial charge >= 0.3 is 0 Å². The van der Waals surface area contributed by atoms with Crippen molar-refractivity contribution in [2.75, 3.05) is 0 Å². The summed E-state index contributed by atoms with van der Waals surface area (Å²) in [5.41, 5.74) is 0. The molecular weight excluding hydrogens is 216 g/mol. The summed E-state index contributed by atoms with van der Waals surface area (Å²) < 4.78 is 5.41. The first-order valence-corrected chi connectivity index (χ1v) is 6.36. The van der Waals surface area contributed by atoms with Crippen molar-refractivity contribution < 1.29 is 9.21 Å². The van der Waals surface area contributed by atoms with Crippen LogP contribution in [0.2, 0.25) is 0 Å². The van der Waals surface area contributed by atoms with E-state index in [1.165, 1.54) is 6.42 Å². The van der Waals surface area contributed by atoms with Gasteiger partial charge in [0.05, 0.1) is 6.20 Å². The van der Waals surface area contributed by atoms with E-state index in [0.29, 0.717) is 5.89 Å². The van der Waals surface area contributed by atoms with Crippen LogP contribution in [0.1, 0.15) is 43.9 Å². The van der Waals surface area contributed by atoms with E-state index in [2.05, 4.69) is 10.3 Å². The summed E-state index contributed by atoms with van der Waals surface area (Å²) in [5.74, 6) is 3.44. The number of hydrogen-bond acceptors (Lipinski definition) is 3. The number of oxazole rings is 1. The maximum atomic E-state index is 12.0. The van der Waals surface area contributed by atoms with Crippen LogP contribution in [0.25, 0.3) is 0 Å². The molecule has 2 fully saturated rings. The summed E-state index contributed by atoms with van der Waals surface area (Å²) in [6, 6.07) is -0.131. The SMILES string of the molecule is Cc1cnc(C(C)NC(=O)C2CC3CC3C2)o1. The summed E-state index contributed by atoms with van der Waals surface area (Å²) in [6.07, 6.45) is 5.18. The van der Waals surface area contributed by atoms with Crippen LogP contribution in [0.3, 0.4) is 0 Å². The third kappa shape index (κ3) is 2.08. The van der Waals surface area contributed by atoms with Crippen molar-refractivity contribution in [2.24, 2.45) is 17.8 Å². The van der Waals surface area contributed by atoms with E-state index in [0.717, 1.165) is 30.4 Å². The topological polar surface area (TPSA) is 55.1 Å². The quantitative estimate of drug-likeness (QED) is 0.872. The maximum absolute atomic E-state index is 12.0. The molecule has 0 saturated heterocycles. The van der Waals surface area contributed by atoms with Crippen LogP contribution in [0.15, 0.2) is 10.6 Å². The van der Waals surface area contributed by atoms with Crippen molar-refractivity contribution >= 4 is 5.91 Å². The number of fused-ring (bicyclic) bond motifs is 1. The van der Waals surface area contributed by atoms with Crippen LogP contribution >= 0.6 is 0 Å². The van der Waals surface area contributed by atoms with Crippen molar-refractivity contribution in [1.29, 1.82) is 0 Å². The van der Waals surface area contributed by atoms with E-state index in [1.54, 1.807) is 6.20 Å². The normalized spacial score (nSPS) is 32.0. The fourth-order valence-electron chi connectivity index (χ4n) is 2.89. The largest absolute Gasteiger partial charge is 0.444 e. The fourth-order valence-corrected chi connectivity index (χ4v) is 2.89.